The van der Waals surface area contributed by atoms with E-state index < -0.39 is 0 Å². The summed E-state index contributed by atoms with van der Waals surface area (Å²) in [4.78, 5) is 21.1. The first-order chi connectivity index (χ1) is 14.1. The molecule has 0 bridgehead atoms. The molecule has 0 fully saturated rings. The van der Waals surface area contributed by atoms with Crippen molar-refractivity contribution in [2.24, 2.45) is 20.7 Å². The smallest absolute Gasteiger partial charge is 0.132 e. The van der Waals surface area contributed by atoms with Crippen LogP contribution < -0.4 is 5.73 Å². The largest absolute Gasteiger partial charge is 0.386 e. The van der Waals surface area contributed by atoms with E-state index >= 15 is 0 Å². The van der Waals surface area contributed by atoms with E-state index in [-0.39, 0.29) is 24.1 Å². The molecule has 2 N–H and O–H groups in total. The molecule has 1 atom stereocenters. The SMILES string of the molecule is CC(N=CN=CN=C(N)CC#N)c1cc2ncccc2nc1-c1ccccc1F. The van der Waals surface area contributed by atoms with Crippen molar-refractivity contribution in [3.8, 4) is 17.3 Å². The zero-order chi connectivity index (χ0) is 20.6. The van der Waals surface area contributed by atoms with Crippen LogP contribution in [0.5, 0.6) is 0 Å². The molecule has 2 heterocycles. The molecule has 7 nitrogen and oxygen atoms in total. The Balaban J connectivity index is 1.97. The van der Waals surface area contributed by atoms with E-state index in [2.05, 4.69) is 24.9 Å². The number of rotatable bonds is 6. The van der Waals surface area contributed by atoms with Gasteiger partial charge in [0.15, 0.2) is 0 Å². The lowest BCUT2D eigenvalue weighted by Gasteiger charge is -2.14. The summed E-state index contributed by atoms with van der Waals surface area (Å²) < 4.78 is 14.4. The summed E-state index contributed by atoms with van der Waals surface area (Å²) in [7, 11) is 0. The Bertz CT molecular complexity index is 1150. The molecule has 1 unspecified atom stereocenters. The van der Waals surface area contributed by atoms with Crippen molar-refractivity contribution in [1.82, 2.24) is 9.97 Å². The second kappa shape index (κ2) is 9.28. The molecular weight excluding hydrogens is 369 g/mol. The Morgan fingerprint density at radius 2 is 2.07 bits per heavy atom. The molecule has 0 spiro atoms. The molecule has 2 aromatic heterocycles. The number of hydrogen-bond donors (Lipinski definition) is 1. The number of benzene rings is 1. The first kappa shape index (κ1) is 19.8. The van der Waals surface area contributed by atoms with Crippen molar-refractivity contribution in [3.05, 3.63) is 60.0 Å². The highest BCUT2D eigenvalue weighted by molar-refractivity contribution is 5.90. The standard InChI is InChI=1S/C21H18FN7/c1-14(27-12-25-13-28-20(24)8-9-23)16-11-19-18(7-4-10-26-19)29-21(16)15-5-2-3-6-17(15)22/h2-7,10-14H,8H2,1H3,(H2,24,25,27,28). The Labute approximate surface area is 167 Å². The maximum Gasteiger partial charge on any atom is 0.132 e. The third kappa shape index (κ3) is 4.84. The maximum atomic E-state index is 14.4. The van der Waals surface area contributed by atoms with Crippen LogP contribution in [0.4, 0.5) is 4.39 Å². The van der Waals surface area contributed by atoms with Gasteiger partial charge < -0.3 is 5.73 Å². The summed E-state index contributed by atoms with van der Waals surface area (Å²) in [6.45, 7) is 1.86. The fourth-order valence-corrected chi connectivity index (χ4v) is 2.69. The Morgan fingerprint density at radius 1 is 1.24 bits per heavy atom. The molecule has 29 heavy (non-hydrogen) atoms. The van der Waals surface area contributed by atoms with Gasteiger partial charge >= 0.3 is 0 Å². The van der Waals surface area contributed by atoms with Crippen LogP contribution in [0.2, 0.25) is 0 Å². The second-order valence-electron chi connectivity index (χ2n) is 6.11. The van der Waals surface area contributed by atoms with Crippen molar-refractivity contribution < 1.29 is 4.39 Å². The van der Waals surface area contributed by atoms with Gasteiger partial charge in [0, 0.05) is 17.3 Å². The summed E-state index contributed by atoms with van der Waals surface area (Å²) in [5.41, 5.74) is 8.50. The zero-order valence-corrected chi connectivity index (χ0v) is 15.7. The molecule has 0 amide bonds. The van der Waals surface area contributed by atoms with Crippen LogP contribution in [0.15, 0.2) is 63.6 Å². The zero-order valence-electron chi connectivity index (χ0n) is 15.7. The Hall–Kier alpha value is -3.99. The third-order valence-corrected chi connectivity index (χ3v) is 4.10. The maximum absolute atomic E-state index is 14.4. The molecule has 0 saturated carbocycles. The van der Waals surface area contributed by atoms with E-state index in [9.17, 15) is 4.39 Å². The van der Waals surface area contributed by atoms with E-state index in [4.69, 9.17) is 11.0 Å². The lowest BCUT2D eigenvalue weighted by atomic mass is 10.00. The molecule has 1 aromatic carbocycles. The van der Waals surface area contributed by atoms with Crippen molar-refractivity contribution in [2.45, 2.75) is 19.4 Å². The Kier molecular flexibility index (Phi) is 6.32. The van der Waals surface area contributed by atoms with E-state index in [0.29, 0.717) is 22.3 Å². The van der Waals surface area contributed by atoms with Gasteiger partial charge in [0.25, 0.3) is 0 Å². The minimum absolute atomic E-state index is 0.0291. The predicted molar refractivity (Wildman–Crippen MR) is 112 cm³/mol. The van der Waals surface area contributed by atoms with Gasteiger partial charge in [0.2, 0.25) is 0 Å². The number of nitrogens with zero attached hydrogens (tertiary/aromatic N) is 6. The molecule has 3 aromatic rings. The lowest BCUT2D eigenvalue weighted by molar-refractivity contribution is 0.630. The van der Waals surface area contributed by atoms with Gasteiger partial charge in [-0.05, 0) is 37.3 Å². The number of pyridine rings is 2. The molecule has 0 saturated heterocycles. The number of halogens is 1. The average Bonchev–Trinajstić information content (AvgIpc) is 2.73. The molecule has 0 aliphatic carbocycles. The Morgan fingerprint density at radius 3 is 2.86 bits per heavy atom. The van der Waals surface area contributed by atoms with Gasteiger partial charge in [0.1, 0.15) is 24.3 Å². The van der Waals surface area contributed by atoms with Gasteiger partial charge in [-0.1, -0.05) is 12.1 Å². The number of aromatic nitrogens is 2. The van der Waals surface area contributed by atoms with Crippen LogP contribution in [0, 0.1) is 17.1 Å². The van der Waals surface area contributed by atoms with Crippen LogP contribution in [0.1, 0.15) is 24.9 Å². The first-order valence-corrected chi connectivity index (χ1v) is 8.83. The average molecular weight is 387 g/mol. The molecule has 0 radical (unpaired) electrons. The fourth-order valence-electron chi connectivity index (χ4n) is 2.69. The third-order valence-electron chi connectivity index (χ3n) is 4.10. The van der Waals surface area contributed by atoms with E-state index in [1.165, 1.54) is 18.7 Å². The van der Waals surface area contributed by atoms with Gasteiger partial charge in [-0.3, -0.25) is 9.98 Å². The number of aliphatic imine (C=N–C) groups is 3. The summed E-state index contributed by atoms with van der Waals surface area (Å²) in [6.07, 6.45) is 4.27. The highest BCUT2D eigenvalue weighted by Gasteiger charge is 2.17. The van der Waals surface area contributed by atoms with Crippen LogP contribution in [-0.2, 0) is 0 Å². The summed E-state index contributed by atoms with van der Waals surface area (Å²) in [5.74, 6) is -0.190. The second-order valence-corrected chi connectivity index (χ2v) is 6.11. The summed E-state index contributed by atoms with van der Waals surface area (Å²) in [5, 5.41) is 8.53. The van der Waals surface area contributed by atoms with Crippen molar-refractivity contribution in [2.75, 3.05) is 0 Å². The number of hydrogen-bond acceptors (Lipinski definition) is 4. The molecule has 3 rings (SSSR count). The minimum atomic E-state index is -0.360. The first-order valence-electron chi connectivity index (χ1n) is 8.83. The van der Waals surface area contributed by atoms with E-state index in [0.717, 1.165) is 5.56 Å². The van der Waals surface area contributed by atoms with E-state index in [1.54, 1.807) is 30.5 Å². The summed E-state index contributed by atoms with van der Waals surface area (Å²) in [6, 6.07) is 13.5. The van der Waals surface area contributed by atoms with Crippen molar-refractivity contribution in [3.63, 3.8) is 0 Å². The monoisotopic (exact) mass is 387 g/mol. The minimum Gasteiger partial charge on any atom is -0.386 e. The van der Waals surface area contributed by atoms with E-state index in [1.807, 2.05) is 25.1 Å². The summed E-state index contributed by atoms with van der Waals surface area (Å²) >= 11 is 0. The number of fused-ring (bicyclic) bond motifs is 1. The number of nitriles is 1. The molecule has 0 aliphatic heterocycles. The quantitative estimate of drug-likeness (QED) is 0.511. The van der Waals surface area contributed by atoms with Gasteiger partial charge in [-0.25, -0.2) is 19.4 Å². The fraction of sp³-hybridized carbons (Fsp3) is 0.143. The van der Waals surface area contributed by atoms with Crippen molar-refractivity contribution >= 4 is 29.5 Å². The molecule has 0 aliphatic rings. The number of nitrogens with two attached hydrogens (primary N) is 1. The van der Waals surface area contributed by atoms with Crippen LogP contribution in [-0.4, -0.2) is 28.5 Å². The lowest BCUT2D eigenvalue weighted by Crippen LogP contribution is -2.10. The van der Waals surface area contributed by atoms with Gasteiger partial charge in [-0.2, -0.15) is 5.26 Å². The van der Waals surface area contributed by atoms with Crippen molar-refractivity contribution in [1.29, 1.82) is 5.26 Å². The normalized spacial score (nSPS) is 13.2. The number of amidine groups is 1. The topological polar surface area (TPSA) is 113 Å². The molecular formula is C21H18FN7. The highest BCUT2D eigenvalue weighted by atomic mass is 19.1. The van der Waals surface area contributed by atoms with Gasteiger partial charge in [0.05, 0.1) is 35.3 Å². The van der Waals surface area contributed by atoms with Crippen LogP contribution in [0.3, 0.4) is 0 Å². The van der Waals surface area contributed by atoms with Crippen LogP contribution >= 0.6 is 0 Å². The predicted octanol–water partition coefficient (Wildman–Crippen LogP) is 3.82. The van der Waals surface area contributed by atoms with Crippen LogP contribution in [0.25, 0.3) is 22.3 Å². The molecule has 8 heteroatoms. The molecule has 144 valence electrons. The highest BCUT2D eigenvalue weighted by Crippen LogP contribution is 2.32. The van der Waals surface area contributed by atoms with Gasteiger partial charge in [-0.15, -0.1) is 0 Å².